The summed E-state index contributed by atoms with van der Waals surface area (Å²) in [5, 5.41) is 0. The number of nitrogens with two attached hydrogens (primary N) is 1. The molecule has 1 amide bonds. The van der Waals surface area contributed by atoms with E-state index in [9.17, 15) is 4.79 Å². The van der Waals surface area contributed by atoms with Gasteiger partial charge in [-0.2, -0.15) is 0 Å². The first-order chi connectivity index (χ1) is 9.88. The second-order valence-electron chi connectivity index (χ2n) is 6.29. The van der Waals surface area contributed by atoms with Crippen LogP contribution in [0.2, 0.25) is 0 Å². The lowest BCUT2D eigenvalue weighted by molar-refractivity contribution is -0.136. The summed E-state index contributed by atoms with van der Waals surface area (Å²) < 4.78 is 5.97. The molecule has 1 heterocycles. The maximum absolute atomic E-state index is 12.4. The van der Waals surface area contributed by atoms with Gasteiger partial charge < -0.3 is 15.4 Å². The van der Waals surface area contributed by atoms with Gasteiger partial charge in [0.05, 0.1) is 0 Å². The standard InChI is InChI=1S/C17H26N2O2/c1-11(2)15-6-5-12(3)9-16(15)21-13(4)17(20)19-8-7-14(18)10-19/h5-6,9,11,13-14H,7-8,10,18H2,1-4H3/t13-,14-/m1/s1. The van der Waals surface area contributed by atoms with E-state index in [1.165, 1.54) is 0 Å². The summed E-state index contributed by atoms with van der Waals surface area (Å²) >= 11 is 0. The minimum atomic E-state index is -0.477. The van der Waals surface area contributed by atoms with Crippen LogP contribution in [-0.2, 0) is 4.79 Å². The molecule has 2 atom stereocenters. The lowest BCUT2D eigenvalue weighted by Crippen LogP contribution is -2.40. The minimum absolute atomic E-state index is 0.0270. The number of aryl methyl sites for hydroxylation is 1. The highest BCUT2D eigenvalue weighted by Crippen LogP contribution is 2.28. The van der Waals surface area contributed by atoms with E-state index < -0.39 is 6.10 Å². The first-order valence-electron chi connectivity index (χ1n) is 7.70. The molecule has 116 valence electrons. The summed E-state index contributed by atoms with van der Waals surface area (Å²) in [5.41, 5.74) is 8.14. The van der Waals surface area contributed by atoms with Crippen LogP contribution in [0.1, 0.15) is 44.2 Å². The molecule has 1 saturated heterocycles. The zero-order valence-electron chi connectivity index (χ0n) is 13.4. The Hall–Kier alpha value is -1.55. The summed E-state index contributed by atoms with van der Waals surface area (Å²) in [6.07, 6.45) is 0.398. The van der Waals surface area contributed by atoms with Gasteiger partial charge in [0.2, 0.25) is 0 Å². The predicted molar refractivity (Wildman–Crippen MR) is 84.5 cm³/mol. The normalized spacial score (nSPS) is 19.9. The van der Waals surface area contributed by atoms with Crippen LogP contribution in [0.15, 0.2) is 18.2 Å². The fourth-order valence-electron chi connectivity index (χ4n) is 2.71. The second-order valence-corrected chi connectivity index (χ2v) is 6.29. The number of nitrogens with zero attached hydrogens (tertiary/aromatic N) is 1. The van der Waals surface area contributed by atoms with Crippen molar-refractivity contribution in [2.75, 3.05) is 13.1 Å². The number of amides is 1. The highest BCUT2D eigenvalue weighted by atomic mass is 16.5. The Kier molecular flexibility index (Phi) is 4.88. The summed E-state index contributed by atoms with van der Waals surface area (Å²) in [7, 11) is 0. The summed E-state index contributed by atoms with van der Waals surface area (Å²) in [6, 6.07) is 6.27. The number of benzene rings is 1. The molecule has 1 aromatic carbocycles. The summed E-state index contributed by atoms with van der Waals surface area (Å²) in [4.78, 5) is 14.2. The van der Waals surface area contributed by atoms with Gasteiger partial charge in [0.1, 0.15) is 5.75 Å². The average Bonchev–Trinajstić information content (AvgIpc) is 2.84. The Bertz CT molecular complexity index is 514. The van der Waals surface area contributed by atoms with E-state index in [0.717, 1.165) is 29.8 Å². The van der Waals surface area contributed by atoms with Crippen molar-refractivity contribution in [2.45, 2.75) is 52.2 Å². The third-order valence-electron chi connectivity index (χ3n) is 3.98. The lowest BCUT2D eigenvalue weighted by Gasteiger charge is -2.23. The second kappa shape index (κ2) is 6.48. The number of hydrogen-bond acceptors (Lipinski definition) is 3. The number of carbonyl (C=O) groups is 1. The van der Waals surface area contributed by atoms with Gasteiger partial charge in [-0.15, -0.1) is 0 Å². The van der Waals surface area contributed by atoms with Gasteiger partial charge in [0, 0.05) is 19.1 Å². The molecule has 0 bridgehead atoms. The van der Waals surface area contributed by atoms with Crippen LogP contribution in [0, 0.1) is 6.92 Å². The van der Waals surface area contributed by atoms with Crippen molar-refractivity contribution in [3.63, 3.8) is 0 Å². The van der Waals surface area contributed by atoms with Crippen molar-refractivity contribution in [3.05, 3.63) is 29.3 Å². The van der Waals surface area contributed by atoms with Crippen LogP contribution in [0.5, 0.6) is 5.75 Å². The molecule has 0 saturated carbocycles. The Morgan fingerprint density at radius 3 is 2.67 bits per heavy atom. The third-order valence-corrected chi connectivity index (χ3v) is 3.98. The van der Waals surface area contributed by atoms with E-state index in [1.54, 1.807) is 4.90 Å². The van der Waals surface area contributed by atoms with Gasteiger partial charge in [-0.3, -0.25) is 4.79 Å². The van der Waals surface area contributed by atoms with Gasteiger partial charge in [0.25, 0.3) is 5.91 Å². The molecular formula is C17H26N2O2. The number of ether oxygens (including phenoxy) is 1. The first-order valence-corrected chi connectivity index (χ1v) is 7.70. The quantitative estimate of drug-likeness (QED) is 0.926. The van der Waals surface area contributed by atoms with Crippen LogP contribution in [-0.4, -0.2) is 36.0 Å². The van der Waals surface area contributed by atoms with Crippen LogP contribution in [0.3, 0.4) is 0 Å². The van der Waals surface area contributed by atoms with Gasteiger partial charge in [-0.25, -0.2) is 0 Å². The van der Waals surface area contributed by atoms with Crippen LogP contribution < -0.4 is 10.5 Å². The molecule has 1 aliphatic heterocycles. The molecular weight excluding hydrogens is 264 g/mol. The molecule has 4 nitrogen and oxygen atoms in total. The Labute approximate surface area is 127 Å². The van der Waals surface area contributed by atoms with Gasteiger partial charge in [-0.1, -0.05) is 26.0 Å². The molecule has 0 radical (unpaired) electrons. The van der Waals surface area contributed by atoms with Gasteiger partial charge in [-0.05, 0) is 43.4 Å². The van der Waals surface area contributed by atoms with Crippen LogP contribution in [0.4, 0.5) is 0 Å². The maximum Gasteiger partial charge on any atom is 0.263 e. The van der Waals surface area contributed by atoms with Crippen molar-refractivity contribution in [2.24, 2.45) is 5.73 Å². The highest BCUT2D eigenvalue weighted by Gasteiger charge is 2.28. The topological polar surface area (TPSA) is 55.6 Å². The number of hydrogen-bond donors (Lipinski definition) is 1. The molecule has 0 unspecified atom stereocenters. The Balaban J connectivity index is 2.10. The number of carbonyl (C=O) groups excluding carboxylic acids is 1. The van der Waals surface area contributed by atoms with Crippen molar-refractivity contribution < 1.29 is 9.53 Å². The van der Waals surface area contributed by atoms with Crippen molar-refractivity contribution in [3.8, 4) is 5.75 Å². The maximum atomic E-state index is 12.4. The van der Waals surface area contributed by atoms with Crippen LogP contribution in [0.25, 0.3) is 0 Å². The van der Waals surface area contributed by atoms with Crippen molar-refractivity contribution in [1.82, 2.24) is 4.90 Å². The summed E-state index contributed by atoms with van der Waals surface area (Å²) in [6.45, 7) is 9.48. The molecule has 1 aromatic rings. The Morgan fingerprint density at radius 1 is 1.38 bits per heavy atom. The molecule has 0 aromatic heterocycles. The predicted octanol–water partition coefficient (Wildman–Crippen LogP) is 2.45. The highest BCUT2D eigenvalue weighted by molar-refractivity contribution is 5.81. The van der Waals surface area contributed by atoms with E-state index in [2.05, 4.69) is 26.0 Å². The zero-order valence-corrected chi connectivity index (χ0v) is 13.4. The summed E-state index contributed by atoms with van der Waals surface area (Å²) in [5.74, 6) is 1.21. The third kappa shape index (κ3) is 3.76. The van der Waals surface area contributed by atoms with E-state index in [0.29, 0.717) is 12.5 Å². The van der Waals surface area contributed by atoms with Crippen molar-refractivity contribution >= 4 is 5.91 Å². The fourth-order valence-corrected chi connectivity index (χ4v) is 2.71. The van der Waals surface area contributed by atoms with Gasteiger partial charge >= 0.3 is 0 Å². The van der Waals surface area contributed by atoms with Crippen LogP contribution >= 0.6 is 0 Å². The fraction of sp³-hybridized carbons (Fsp3) is 0.588. The zero-order chi connectivity index (χ0) is 15.6. The monoisotopic (exact) mass is 290 g/mol. The Morgan fingerprint density at radius 2 is 2.10 bits per heavy atom. The largest absolute Gasteiger partial charge is 0.481 e. The minimum Gasteiger partial charge on any atom is -0.481 e. The molecule has 0 spiro atoms. The first kappa shape index (κ1) is 15.8. The number of rotatable bonds is 4. The molecule has 4 heteroatoms. The molecule has 21 heavy (non-hydrogen) atoms. The van der Waals surface area contributed by atoms with E-state index in [-0.39, 0.29) is 11.9 Å². The number of likely N-dealkylation sites (tertiary alicyclic amines) is 1. The SMILES string of the molecule is Cc1ccc(C(C)C)c(O[C@H](C)C(=O)N2CC[C@@H](N)C2)c1. The van der Waals surface area contributed by atoms with E-state index >= 15 is 0 Å². The lowest BCUT2D eigenvalue weighted by atomic mass is 10.0. The molecule has 2 N–H and O–H groups in total. The van der Waals surface area contributed by atoms with E-state index in [4.69, 9.17) is 10.5 Å². The average molecular weight is 290 g/mol. The molecule has 2 rings (SSSR count). The smallest absolute Gasteiger partial charge is 0.263 e. The molecule has 0 aliphatic carbocycles. The van der Waals surface area contributed by atoms with E-state index in [1.807, 2.05) is 19.9 Å². The molecule has 1 fully saturated rings. The van der Waals surface area contributed by atoms with Crippen molar-refractivity contribution in [1.29, 1.82) is 0 Å². The molecule has 1 aliphatic rings. The van der Waals surface area contributed by atoms with Gasteiger partial charge in [0.15, 0.2) is 6.10 Å².